The predicted octanol–water partition coefficient (Wildman–Crippen LogP) is 4.76. The van der Waals surface area contributed by atoms with E-state index in [4.69, 9.17) is 12.2 Å². The van der Waals surface area contributed by atoms with Crippen molar-refractivity contribution in [2.45, 2.75) is 53.1 Å². The Morgan fingerprint density at radius 3 is 2.42 bits per heavy atom. The van der Waals surface area contributed by atoms with E-state index in [-0.39, 0.29) is 17.0 Å². The number of thioether (sulfide) groups is 1. The zero-order valence-corrected chi connectivity index (χ0v) is 24.0. The molecule has 0 bridgehead atoms. The molecule has 0 aliphatic carbocycles. The van der Waals surface area contributed by atoms with Crippen molar-refractivity contribution >= 4 is 46.1 Å². The number of thiocarbonyl (C=S) groups is 1. The van der Waals surface area contributed by atoms with E-state index >= 15 is 0 Å². The van der Waals surface area contributed by atoms with E-state index in [0.717, 1.165) is 63.4 Å². The van der Waals surface area contributed by atoms with Gasteiger partial charge in [0.15, 0.2) is 0 Å². The summed E-state index contributed by atoms with van der Waals surface area (Å²) in [7, 11) is 0. The van der Waals surface area contributed by atoms with Gasteiger partial charge in [0.2, 0.25) is 0 Å². The second kappa shape index (κ2) is 12.7. The molecule has 0 radical (unpaired) electrons. The van der Waals surface area contributed by atoms with Crippen LogP contribution in [-0.4, -0.2) is 57.3 Å². The number of carbonyl (C=O) groups excluding carboxylic acids is 1. The Kier molecular flexibility index (Phi) is 9.42. The summed E-state index contributed by atoms with van der Waals surface area (Å²) in [4.78, 5) is 33.5. The molecule has 2 aliphatic rings. The fourth-order valence-corrected chi connectivity index (χ4v) is 6.37. The number of unbranched alkanes of at least 4 members (excludes halogenated alkanes) is 2. The SMILES string of the molecule is CCCCCN1C(=O)C(=Cc2c(C)c(C#N)c(=O)n(CC)c2N2CCN(Cc3ccccc3)CC2)SC1=S. The first-order valence-electron chi connectivity index (χ1n) is 13.3. The number of nitriles is 1. The van der Waals surface area contributed by atoms with Crippen LogP contribution in [0.5, 0.6) is 0 Å². The largest absolute Gasteiger partial charge is 0.355 e. The monoisotopic (exact) mass is 549 g/mol. The van der Waals surface area contributed by atoms with Crippen molar-refractivity contribution < 1.29 is 4.79 Å². The minimum atomic E-state index is -0.279. The third kappa shape index (κ3) is 5.88. The van der Waals surface area contributed by atoms with Crippen LogP contribution in [-0.2, 0) is 17.9 Å². The van der Waals surface area contributed by atoms with Gasteiger partial charge in [0, 0.05) is 51.4 Å². The molecule has 0 N–H and O–H groups in total. The molecular weight excluding hydrogens is 514 g/mol. The zero-order chi connectivity index (χ0) is 27.2. The highest BCUT2D eigenvalue weighted by molar-refractivity contribution is 8.26. The number of pyridine rings is 1. The van der Waals surface area contributed by atoms with Crippen molar-refractivity contribution in [3.05, 3.63) is 67.8 Å². The number of anilines is 1. The van der Waals surface area contributed by atoms with Gasteiger partial charge in [-0.15, -0.1) is 0 Å². The van der Waals surface area contributed by atoms with E-state index in [2.05, 4.69) is 47.1 Å². The summed E-state index contributed by atoms with van der Waals surface area (Å²) in [5, 5.41) is 9.83. The van der Waals surface area contributed by atoms with E-state index in [1.54, 1.807) is 9.47 Å². The standard InChI is InChI=1S/C29H35N5O2S2/c1-4-6-10-13-34-28(36)25(38-29(34)37)18-23-21(3)24(19-30)27(35)33(5-2)26(23)32-16-14-31(15-17-32)20-22-11-8-7-9-12-22/h7-9,11-12,18H,4-6,10,13-17,20H2,1-3H3. The van der Waals surface area contributed by atoms with Crippen LogP contribution in [0.2, 0.25) is 0 Å². The first kappa shape index (κ1) is 28.1. The van der Waals surface area contributed by atoms with E-state index in [0.29, 0.717) is 27.9 Å². The van der Waals surface area contributed by atoms with Gasteiger partial charge in [-0.2, -0.15) is 5.26 Å². The second-order valence-corrected chi connectivity index (χ2v) is 11.4. The van der Waals surface area contributed by atoms with Gasteiger partial charge in [0.1, 0.15) is 21.8 Å². The third-order valence-corrected chi connectivity index (χ3v) is 8.60. The molecule has 2 aromatic rings. The highest BCUT2D eigenvalue weighted by atomic mass is 32.2. The molecule has 3 heterocycles. The smallest absolute Gasteiger partial charge is 0.270 e. The highest BCUT2D eigenvalue weighted by Gasteiger charge is 2.33. The third-order valence-electron chi connectivity index (χ3n) is 7.22. The molecule has 38 heavy (non-hydrogen) atoms. The molecule has 1 amide bonds. The summed E-state index contributed by atoms with van der Waals surface area (Å²) in [5.41, 5.74) is 2.50. The van der Waals surface area contributed by atoms with Crippen LogP contribution >= 0.6 is 24.0 Å². The number of hydrogen-bond acceptors (Lipinski definition) is 7. The quantitative estimate of drug-likeness (QED) is 0.254. The molecule has 2 aliphatic heterocycles. The summed E-state index contributed by atoms with van der Waals surface area (Å²) in [5.74, 6) is 0.687. The number of rotatable bonds is 9. The van der Waals surface area contributed by atoms with Crippen LogP contribution in [0.25, 0.3) is 6.08 Å². The maximum absolute atomic E-state index is 13.3. The molecular formula is C29H35N5O2S2. The normalized spacial score (nSPS) is 17.5. The van der Waals surface area contributed by atoms with Gasteiger partial charge in [-0.3, -0.25) is 24.0 Å². The molecule has 7 nitrogen and oxygen atoms in total. The molecule has 1 aromatic carbocycles. The van der Waals surface area contributed by atoms with E-state index in [1.807, 2.05) is 26.0 Å². The lowest BCUT2D eigenvalue weighted by Gasteiger charge is -2.38. The van der Waals surface area contributed by atoms with Crippen molar-refractivity contribution in [3.63, 3.8) is 0 Å². The van der Waals surface area contributed by atoms with E-state index < -0.39 is 0 Å². The highest BCUT2D eigenvalue weighted by Crippen LogP contribution is 2.36. The summed E-state index contributed by atoms with van der Waals surface area (Å²) in [6.07, 6.45) is 4.88. The number of amides is 1. The minimum Gasteiger partial charge on any atom is -0.355 e. The first-order valence-corrected chi connectivity index (χ1v) is 14.6. The van der Waals surface area contributed by atoms with E-state index in [9.17, 15) is 14.9 Å². The number of nitrogens with zero attached hydrogens (tertiary/aromatic N) is 5. The zero-order valence-electron chi connectivity index (χ0n) is 22.4. The average Bonchev–Trinajstić information content (AvgIpc) is 3.19. The topological polar surface area (TPSA) is 72.6 Å². The maximum Gasteiger partial charge on any atom is 0.270 e. The lowest BCUT2D eigenvalue weighted by atomic mass is 10.0. The minimum absolute atomic E-state index is 0.0955. The Bertz CT molecular complexity index is 1320. The van der Waals surface area contributed by atoms with Crippen LogP contribution in [0.4, 0.5) is 5.82 Å². The Balaban J connectivity index is 1.68. The molecule has 200 valence electrons. The number of aromatic nitrogens is 1. The molecule has 0 saturated carbocycles. The first-order chi connectivity index (χ1) is 18.4. The van der Waals surface area contributed by atoms with E-state index in [1.165, 1.54) is 17.3 Å². The van der Waals surface area contributed by atoms with Crippen LogP contribution in [0, 0.1) is 18.3 Å². The molecule has 2 fully saturated rings. The van der Waals surface area contributed by atoms with Crippen LogP contribution in [0.1, 0.15) is 55.4 Å². The van der Waals surface area contributed by atoms with Crippen molar-refractivity contribution in [1.82, 2.24) is 14.4 Å². The summed E-state index contributed by atoms with van der Waals surface area (Å²) in [6, 6.07) is 12.5. The average molecular weight is 550 g/mol. The van der Waals surface area contributed by atoms with Gasteiger partial charge in [0.25, 0.3) is 11.5 Å². The number of piperazine rings is 1. The molecule has 0 unspecified atom stereocenters. The summed E-state index contributed by atoms with van der Waals surface area (Å²) >= 11 is 6.84. The van der Waals surface area contributed by atoms with Crippen molar-refractivity contribution in [3.8, 4) is 6.07 Å². The van der Waals surface area contributed by atoms with Crippen molar-refractivity contribution in [2.24, 2.45) is 0 Å². The summed E-state index contributed by atoms with van der Waals surface area (Å²) < 4.78 is 2.25. The number of carbonyl (C=O) groups is 1. The van der Waals surface area contributed by atoms with Gasteiger partial charge in [0.05, 0.1) is 4.91 Å². The van der Waals surface area contributed by atoms with Gasteiger partial charge >= 0.3 is 0 Å². The Morgan fingerprint density at radius 1 is 1.08 bits per heavy atom. The fourth-order valence-electron chi connectivity index (χ4n) is 5.08. The van der Waals surface area contributed by atoms with Crippen molar-refractivity contribution in [2.75, 3.05) is 37.6 Å². The van der Waals surface area contributed by atoms with Gasteiger partial charge < -0.3 is 4.90 Å². The number of hydrogen-bond donors (Lipinski definition) is 0. The van der Waals surface area contributed by atoms with Crippen LogP contribution < -0.4 is 10.5 Å². The Morgan fingerprint density at radius 2 is 1.79 bits per heavy atom. The predicted molar refractivity (Wildman–Crippen MR) is 159 cm³/mol. The number of benzene rings is 1. The maximum atomic E-state index is 13.3. The van der Waals surface area contributed by atoms with Gasteiger partial charge in [-0.25, -0.2) is 0 Å². The van der Waals surface area contributed by atoms with Gasteiger partial charge in [-0.05, 0) is 37.5 Å². The molecule has 2 saturated heterocycles. The fraction of sp³-hybridized carbons (Fsp3) is 0.448. The Hall–Kier alpha value is -2.93. The molecule has 0 spiro atoms. The van der Waals surface area contributed by atoms with Gasteiger partial charge in [-0.1, -0.05) is 74.1 Å². The second-order valence-electron chi connectivity index (χ2n) is 9.69. The lowest BCUT2D eigenvalue weighted by Crippen LogP contribution is -2.48. The lowest BCUT2D eigenvalue weighted by molar-refractivity contribution is -0.122. The Labute approximate surface area is 234 Å². The summed E-state index contributed by atoms with van der Waals surface area (Å²) in [6.45, 7) is 11.0. The molecule has 1 aromatic heterocycles. The van der Waals surface area contributed by atoms with Crippen molar-refractivity contribution in [1.29, 1.82) is 5.26 Å². The van der Waals surface area contributed by atoms with Crippen LogP contribution in [0.3, 0.4) is 0 Å². The molecule has 4 rings (SSSR count). The van der Waals surface area contributed by atoms with Crippen LogP contribution in [0.15, 0.2) is 40.0 Å². The molecule has 0 atom stereocenters. The molecule has 9 heteroatoms.